The summed E-state index contributed by atoms with van der Waals surface area (Å²) in [6, 6.07) is 4.12. The molecule has 25 heavy (non-hydrogen) atoms. The Kier molecular flexibility index (Phi) is 4.50. The molecule has 1 unspecified atom stereocenters. The second kappa shape index (κ2) is 6.47. The van der Waals surface area contributed by atoms with Crippen molar-refractivity contribution in [2.24, 2.45) is 11.7 Å². The number of Topliss-reactive ketones (excluding diaryl/α,β-unsaturated/α-hetero) is 1. The van der Waals surface area contributed by atoms with E-state index in [1.54, 1.807) is 12.4 Å². The summed E-state index contributed by atoms with van der Waals surface area (Å²) in [4.78, 5) is 28.8. The van der Waals surface area contributed by atoms with Gasteiger partial charge in [0.15, 0.2) is 5.78 Å². The quantitative estimate of drug-likeness (QED) is 0.926. The van der Waals surface area contributed by atoms with Crippen LogP contribution in [0.3, 0.4) is 0 Å². The number of hydrogen-bond donors (Lipinski definition) is 1. The number of nitrogens with zero attached hydrogens (tertiary/aromatic N) is 2. The molecule has 2 aromatic heterocycles. The molecule has 1 amide bonds. The molecule has 1 aliphatic rings. The molecule has 132 valence electrons. The van der Waals surface area contributed by atoms with Gasteiger partial charge < -0.3 is 10.3 Å². The summed E-state index contributed by atoms with van der Waals surface area (Å²) in [6.45, 7) is 8.43. The number of ketones is 1. The maximum absolute atomic E-state index is 12.9. The molecule has 2 aromatic rings. The average molecular weight is 339 g/mol. The van der Waals surface area contributed by atoms with Crippen molar-refractivity contribution in [3.63, 3.8) is 0 Å². The SMILES string of the molecule is CC(C)c1c2c(n(C(C)C)c1-c1ccncc1)CC(C(N)=O)CC2=O. The summed E-state index contributed by atoms with van der Waals surface area (Å²) in [5.41, 5.74) is 10.5. The largest absolute Gasteiger partial charge is 0.369 e. The van der Waals surface area contributed by atoms with Crippen LogP contribution in [0.25, 0.3) is 11.3 Å². The zero-order valence-electron chi connectivity index (χ0n) is 15.2. The standard InChI is InChI=1S/C20H25N3O2/c1-11(2)17-18-15(9-14(20(21)25)10-16(18)24)23(12(3)4)19(17)13-5-7-22-8-6-13/h5-8,11-12,14H,9-10H2,1-4H3,(H2,21,25). The summed E-state index contributed by atoms with van der Waals surface area (Å²) < 4.78 is 2.22. The Labute approximate surface area is 148 Å². The molecule has 0 aromatic carbocycles. The Hall–Kier alpha value is -2.43. The van der Waals surface area contributed by atoms with Crippen molar-refractivity contribution in [3.05, 3.63) is 41.3 Å². The van der Waals surface area contributed by atoms with Crippen molar-refractivity contribution in [2.75, 3.05) is 0 Å². The molecule has 0 bridgehead atoms. The lowest BCUT2D eigenvalue weighted by molar-refractivity contribution is -0.121. The first-order valence-electron chi connectivity index (χ1n) is 8.82. The molecule has 5 nitrogen and oxygen atoms in total. The van der Waals surface area contributed by atoms with Gasteiger partial charge in [-0.2, -0.15) is 0 Å². The first-order chi connectivity index (χ1) is 11.8. The zero-order chi connectivity index (χ0) is 18.3. The van der Waals surface area contributed by atoms with Crippen LogP contribution in [0.4, 0.5) is 0 Å². The van der Waals surface area contributed by atoms with Gasteiger partial charge in [0, 0.05) is 48.1 Å². The van der Waals surface area contributed by atoms with Gasteiger partial charge in [-0.25, -0.2) is 0 Å². The number of primary amides is 1. The fourth-order valence-electron chi connectivity index (χ4n) is 3.94. The fourth-order valence-corrected chi connectivity index (χ4v) is 3.94. The van der Waals surface area contributed by atoms with E-state index in [9.17, 15) is 9.59 Å². The van der Waals surface area contributed by atoms with Crippen LogP contribution in [0.5, 0.6) is 0 Å². The highest BCUT2D eigenvalue weighted by Gasteiger charge is 2.37. The fraction of sp³-hybridized carbons (Fsp3) is 0.450. The summed E-state index contributed by atoms with van der Waals surface area (Å²) in [7, 11) is 0. The molecule has 1 aliphatic carbocycles. The number of amides is 1. The molecule has 0 aliphatic heterocycles. The molecule has 0 spiro atoms. The zero-order valence-corrected chi connectivity index (χ0v) is 15.2. The molecular weight excluding hydrogens is 314 g/mol. The van der Waals surface area contributed by atoms with Crippen molar-refractivity contribution in [3.8, 4) is 11.3 Å². The van der Waals surface area contributed by atoms with Crippen LogP contribution in [-0.2, 0) is 11.2 Å². The third-order valence-corrected chi connectivity index (χ3v) is 4.94. The molecular formula is C20H25N3O2. The maximum Gasteiger partial charge on any atom is 0.221 e. The molecule has 5 heteroatoms. The van der Waals surface area contributed by atoms with E-state index in [1.807, 2.05) is 12.1 Å². The Morgan fingerprint density at radius 1 is 1.20 bits per heavy atom. The Morgan fingerprint density at radius 2 is 1.84 bits per heavy atom. The second-order valence-corrected chi connectivity index (χ2v) is 7.37. The second-order valence-electron chi connectivity index (χ2n) is 7.37. The summed E-state index contributed by atoms with van der Waals surface area (Å²) >= 11 is 0. The van der Waals surface area contributed by atoms with Crippen LogP contribution in [0.15, 0.2) is 24.5 Å². The van der Waals surface area contributed by atoms with E-state index in [2.05, 4.69) is 37.2 Å². The summed E-state index contributed by atoms with van der Waals surface area (Å²) in [6.07, 6.45) is 4.27. The molecule has 2 heterocycles. The van der Waals surface area contributed by atoms with E-state index in [-0.39, 0.29) is 24.2 Å². The molecule has 0 fully saturated rings. The highest BCUT2D eigenvalue weighted by atomic mass is 16.1. The maximum atomic E-state index is 12.9. The third-order valence-electron chi connectivity index (χ3n) is 4.94. The van der Waals surface area contributed by atoms with Crippen LogP contribution in [-0.4, -0.2) is 21.2 Å². The monoisotopic (exact) mass is 339 g/mol. The number of nitrogens with two attached hydrogens (primary N) is 1. The van der Waals surface area contributed by atoms with Gasteiger partial charge in [-0.15, -0.1) is 0 Å². The van der Waals surface area contributed by atoms with Crippen molar-refractivity contribution in [2.45, 2.75) is 52.5 Å². The normalized spacial score (nSPS) is 17.2. The van der Waals surface area contributed by atoms with E-state index in [0.29, 0.717) is 6.42 Å². The lowest BCUT2D eigenvalue weighted by Gasteiger charge is -2.23. The summed E-state index contributed by atoms with van der Waals surface area (Å²) in [5, 5.41) is 0. The predicted octanol–water partition coefficient (Wildman–Crippen LogP) is 3.48. The van der Waals surface area contributed by atoms with E-state index < -0.39 is 11.8 Å². The molecule has 0 saturated carbocycles. The van der Waals surface area contributed by atoms with Crippen molar-refractivity contribution < 1.29 is 9.59 Å². The minimum absolute atomic E-state index is 0.0310. The number of rotatable bonds is 4. The first-order valence-corrected chi connectivity index (χ1v) is 8.82. The highest BCUT2D eigenvalue weighted by Crippen LogP contribution is 2.42. The van der Waals surface area contributed by atoms with Gasteiger partial charge >= 0.3 is 0 Å². The van der Waals surface area contributed by atoms with E-state index >= 15 is 0 Å². The lowest BCUT2D eigenvalue weighted by atomic mass is 9.82. The van der Waals surface area contributed by atoms with Gasteiger partial charge in [-0.05, 0) is 37.5 Å². The van der Waals surface area contributed by atoms with Gasteiger partial charge in [0.2, 0.25) is 5.91 Å². The van der Waals surface area contributed by atoms with Gasteiger partial charge in [0.1, 0.15) is 0 Å². The van der Waals surface area contributed by atoms with Gasteiger partial charge in [-0.3, -0.25) is 14.6 Å². The van der Waals surface area contributed by atoms with Gasteiger partial charge in [0.25, 0.3) is 0 Å². The Bertz CT molecular complexity index is 819. The van der Waals surface area contributed by atoms with E-state index in [0.717, 1.165) is 28.1 Å². The molecule has 2 N–H and O–H groups in total. The topological polar surface area (TPSA) is 78.0 Å². The van der Waals surface area contributed by atoms with Crippen molar-refractivity contribution in [1.29, 1.82) is 0 Å². The van der Waals surface area contributed by atoms with E-state index in [1.165, 1.54) is 0 Å². The van der Waals surface area contributed by atoms with Crippen LogP contribution in [0.1, 0.15) is 67.7 Å². The lowest BCUT2D eigenvalue weighted by Crippen LogP contribution is -2.32. The predicted molar refractivity (Wildman–Crippen MR) is 97.5 cm³/mol. The van der Waals surface area contributed by atoms with Gasteiger partial charge in [0.05, 0.1) is 11.6 Å². The Balaban J connectivity index is 2.35. The van der Waals surface area contributed by atoms with Crippen LogP contribution < -0.4 is 5.73 Å². The highest BCUT2D eigenvalue weighted by molar-refractivity contribution is 6.04. The van der Waals surface area contributed by atoms with Crippen molar-refractivity contribution >= 4 is 11.7 Å². The smallest absolute Gasteiger partial charge is 0.221 e. The number of carbonyl (C=O) groups excluding carboxylic acids is 2. The van der Waals surface area contributed by atoms with Crippen LogP contribution >= 0.6 is 0 Å². The van der Waals surface area contributed by atoms with Crippen LogP contribution in [0, 0.1) is 5.92 Å². The van der Waals surface area contributed by atoms with Gasteiger partial charge in [-0.1, -0.05) is 13.8 Å². The molecule has 0 radical (unpaired) electrons. The van der Waals surface area contributed by atoms with E-state index in [4.69, 9.17) is 5.73 Å². The Morgan fingerprint density at radius 3 is 2.36 bits per heavy atom. The first kappa shape index (κ1) is 17.4. The summed E-state index contributed by atoms with van der Waals surface area (Å²) in [5.74, 6) is -0.584. The molecule has 3 rings (SSSR count). The molecule has 1 atom stereocenters. The number of pyridine rings is 1. The molecule has 0 saturated heterocycles. The van der Waals surface area contributed by atoms with Crippen LogP contribution in [0.2, 0.25) is 0 Å². The number of aromatic nitrogens is 2. The number of carbonyl (C=O) groups is 2. The number of hydrogen-bond acceptors (Lipinski definition) is 3. The minimum Gasteiger partial charge on any atom is -0.369 e. The average Bonchev–Trinajstić information content (AvgIpc) is 2.91. The van der Waals surface area contributed by atoms with Crippen molar-refractivity contribution in [1.82, 2.24) is 9.55 Å². The third kappa shape index (κ3) is 2.88. The minimum atomic E-state index is -0.419. The number of fused-ring (bicyclic) bond motifs is 1.